The molecule has 86 valence electrons. The molecule has 1 heterocycles. The largest absolute Gasteiger partial charge is 0.506 e. The van der Waals surface area contributed by atoms with Crippen molar-refractivity contribution in [1.82, 2.24) is 5.32 Å². The maximum atomic E-state index is 11.2. The number of phenols is 1. The third kappa shape index (κ3) is 1.76. The fourth-order valence-electron chi connectivity index (χ4n) is 1.87. The van der Waals surface area contributed by atoms with Crippen LogP contribution in [0.25, 0.3) is 0 Å². The van der Waals surface area contributed by atoms with Crippen molar-refractivity contribution >= 4 is 17.4 Å². The van der Waals surface area contributed by atoms with Crippen LogP contribution in [0, 0.1) is 0 Å². The Kier molecular flexibility index (Phi) is 2.60. The number of anilines is 2. The molecule has 5 heteroatoms. The number of nitrogens with zero attached hydrogens (tertiary/aromatic N) is 1. The van der Waals surface area contributed by atoms with E-state index >= 15 is 0 Å². The first-order chi connectivity index (χ1) is 7.61. The van der Waals surface area contributed by atoms with Crippen molar-refractivity contribution < 1.29 is 9.90 Å². The van der Waals surface area contributed by atoms with Gasteiger partial charge in [-0.1, -0.05) is 0 Å². The molecule has 16 heavy (non-hydrogen) atoms. The van der Waals surface area contributed by atoms with Crippen LogP contribution in [0.4, 0.5) is 16.2 Å². The topological polar surface area (TPSA) is 64.6 Å². The van der Waals surface area contributed by atoms with Gasteiger partial charge in [0, 0.05) is 26.3 Å². The Morgan fingerprint density at radius 2 is 2.25 bits per heavy atom. The summed E-state index contributed by atoms with van der Waals surface area (Å²) in [5, 5.41) is 14.8. The smallest absolute Gasteiger partial charge is 0.319 e. The molecular weight excluding hydrogens is 206 g/mol. The maximum absolute atomic E-state index is 11.2. The molecular formula is C11H15N3O2. The van der Waals surface area contributed by atoms with Gasteiger partial charge in [0.1, 0.15) is 5.75 Å². The average Bonchev–Trinajstić information content (AvgIpc) is 2.61. The molecule has 1 aliphatic heterocycles. The molecule has 0 unspecified atom stereocenters. The van der Waals surface area contributed by atoms with Gasteiger partial charge in [-0.05, 0) is 24.1 Å². The number of nitrogens with one attached hydrogen (secondary N) is 2. The van der Waals surface area contributed by atoms with Crippen molar-refractivity contribution in [3.8, 4) is 5.75 Å². The number of carbonyl (C=O) groups is 1. The number of benzene rings is 1. The summed E-state index contributed by atoms with van der Waals surface area (Å²) in [6, 6.07) is 3.17. The molecule has 1 aromatic rings. The number of rotatable bonds is 1. The van der Waals surface area contributed by atoms with Crippen LogP contribution in [-0.2, 0) is 6.42 Å². The Balaban J connectivity index is 2.33. The minimum absolute atomic E-state index is 0.109. The van der Waals surface area contributed by atoms with E-state index in [0.29, 0.717) is 5.69 Å². The van der Waals surface area contributed by atoms with Crippen molar-refractivity contribution in [3.63, 3.8) is 0 Å². The predicted molar refractivity (Wildman–Crippen MR) is 63.2 cm³/mol. The number of phenolic OH excluding ortho intramolecular Hbond substituents is 1. The lowest BCUT2D eigenvalue weighted by Crippen LogP contribution is -2.24. The maximum Gasteiger partial charge on any atom is 0.319 e. The lowest BCUT2D eigenvalue weighted by molar-refractivity contribution is 0.254. The quantitative estimate of drug-likeness (QED) is 0.623. The normalized spacial score (nSPS) is 13.5. The van der Waals surface area contributed by atoms with Gasteiger partial charge in [0.2, 0.25) is 0 Å². The van der Waals surface area contributed by atoms with E-state index in [0.717, 1.165) is 24.2 Å². The van der Waals surface area contributed by atoms with E-state index in [1.54, 1.807) is 12.1 Å². The van der Waals surface area contributed by atoms with Crippen LogP contribution in [0.1, 0.15) is 5.56 Å². The van der Waals surface area contributed by atoms with Gasteiger partial charge < -0.3 is 20.6 Å². The van der Waals surface area contributed by atoms with E-state index < -0.39 is 0 Å². The molecule has 1 aliphatic rings. The molecule has 0 spiro atoms. The molecule has 0 saturated carbocycles. The molecule has 0 atom stereocenters. The number of carbonyl (C=O) groups excluding carboxylic acids is 1. The first kappa shape index (κ1) is 10.6. The minimum Gasteiger partial charge on any atom is -0.506 e. The number of hydrogen-bond donors (Lipinski definition) is 3. The van der Waals surface area contributed by atoms with Gasteiger partial charge in [-0.15, -0.1) is 0 Å². The monoisotopic (exact) mass is 221 g/mol. The number of aromatic hydroxyl groups is 1. The zero-order chi connectivity index (χ0) is 11.7. The lowest BCUT2D eigenvalue weighted by atomic mass is 10.1. The molecule has 0 aromatic heterocycles. The molecule has 2 amide bonds. The van der Waals surface area contributed by atoms with Crippen molar-refractivity contribution in [2.45, 2.75) is 6.42 Å². The molecule has 0 radical (unpaired) electrons. The van der Waals surface area contributed by atoms with Crippen LogP contribution in [0.2, 0.25) is 0 Å². The van der Waals surface area contributed by atoms with Crippen molar-refractivity contribution in [3.05, 3.63) is 17.7 Å². The zero-order valence-electron chi connectivity index (χ0n) is 9.37. The van der Waals surface area contributed by atoms with Gasteiger partial charge >= 0.3 is 6.03 Å². The Bertz CT molecular complexity index is 431. The summed E-state index contributed by atoms with van der Waals surface area (Å²) in [7, 11) is 3.53. The van der Waals surface area contributed by atoms with E-state index in [-0.39, 0.29) is 11.8 Å². The first-order valence-corrected chi connectivity index (χ1v) is 5.17. The fraction of sp³-hybridized carbons (Fsp3) is 0.364. The molecule has 3 N–H and O–H groups in total. The highest BCUT2D eigenvalue weighted by atomic mass is 16.3. The van der Waals surface area contributed by atoms with Crippen LogP contribution in [0.5, 0.6) is 5.75 Å². The summed E-state index contributed by atoms with van der Waals surface area (Å²) in [4.78, 5) is 13.3. The van der Waals surface area contributed by atoms with E-state index in [2.05, 4.69) is 15.5 Å². The second-order valence-electron chi connectivity index (χ2n) is 3.87. The van der Waals surface area contributed by atoms with Crippen molar-refractivity contribution in [1.29, 1.82) is 0 Å². The SMILES string of the molecule is CNC(=O)Nc1cc2c(cc1O)CCN2C. The summed E-state index contributed by atoms with van der Waals surface area (Å²) >= 11 is 0. The molecule has 5 nitrogen and oxygen atoms in total. The minimum atomic E-state index is -0.337. The van der Waals surface area contributed by atoms with Crippen molar-refractivity contribution in [2.75, 3.05) is 30.9 Å². The molecule has 1 aromatic carbocycles. The summed E-state index contributed by atoms with van der Waals surface area (Å²) in [5.41, 5.74) is 2.61. The van der Waals surface area contributed by atoms with Crippen LogP contribution in [0.15, 0.2) is 12.1 Å². The zero-order valence-corrected chi connectivity index (χ0v) is 9.37. The van der Waals surface area contributed by atoms with Crippen LogP contribution in [0.3, 0.4) is 0 Å². The molecule has 0 bridgehead atoms. The van der Waals surface area contributed by atoms with E-state index in [1.165, 1.54) is 7.05 Å². The van der Waals surface area contributed by atoms with Crippen LogP contribution >= 0.6 is 0 Å². The number of hydrogen-bond acceptors (Lipinski definition) is 3. The molecule has 0 fully saturated rings. The Morgan fingerprint density at radius 1 is 1.50 bits per heavy atom. The Labute approximate surface area is 94.1 Å². The van der Waals surface area contributed by atoms with Gasteiger partial charge in [0.05, 0.1) is 5.69 Å². The molecule has 0 saturated heterocycles. The fourth-order valence-corrected chi connectivity index (χ4v) is 1.87. The van der Waals surface area contributed by atoms with Gasteiger partial charge in [-0.2, -0.15) is 0 Å². The summed E-state index contributed by atoms with van der Waals surface area (Å²) in [6.07, 6.45) is 0.930. The molecule has 0 aliphatic carbocycles. The summed E-state index contributed by atoms with van der Waals surface area (Å²) in [6.45, 7) is 0.943. The van der Waals surface area contributed by atoms with Crippen LogP contribution < -0.4 is 15.5 Å². The highest BCUT2D eigenvalue weighted by Gasteiger charge is 2.18. The second-order valence-corrected chi connectivity index (χ2v) is 3.87. The van der Waals surface area contributed by atoms with Gasteiger partial charge in [-0.3, -0.25) is 0 Å². The van der Waals surface area contributed by atoms with Gasteiger partial charge in [0.25, 0.3) is 0 Å². The second kappa shape index (κ2) is 3.92. The highest BCUT2D eigenvalue weighted by molar-refractivity contribution is 5.91. The standard InChI is InChI=1S/C11H15N3O2/c1-12-11(16)13-8-6-9-7(5-10(8)15)3-4-14(9)2/h5-6,15H,3-4H2,1-2H3,(H2,12,13,16). The summed E-state index contributed by atoms with van der Waals surface area (Å²) in [5.74, 6) is 0.109. The third-order valence-corrected chi connectivity index (χ3v) is 2.80. The number of fused-ring (bicyclic) bond motifs is 1. The predicted octanol–water partition coefficient (Wildman–Crippen LogP) is 1.14. The molecule has 2 rings (SSSR count). The third-order valence-electron chi connectivity index (χ3n) is 2.80. The Hall–Kier alpha value is -1.91. The Morgan fingerprint density at radius 3 is 2.94 bits per heavy atom. The number of urea groups is 1. The van der Waals surface area contributed by atoms with E-state index in [4.69, 9.17) is 0 Å². The lowest BCUT2D eigenvalue weighted by Gasteiger charge is -2.14. The van der Waals surface area contributed by atoms with Gasteiger partial charge in [0.15, 0.2) is 0 Å². The van der Waals surface area contributed by atoms with Crippen LogP contribution in [-0.4, -0.2) is 31.8 Å². The van der Waals surface area contributed by atoms with E-state index in [9.17, 15) is 9.90 Å². The average molecular weight is 221 g/mol. The van der Waals surface area contributed by atoms with Gasteiger partial charge in [-0.25, -0.2) is 4.79 Å². The highest BCUT2D eigenvalue weighted by Crippen LogP contribution is 2.35. The van der Waals surface area contributed by atoms with E-state index in [1.807, 2.05) is 7.05 Å². The first-order valence-electron chi connectivity index (χ1n) is 5.17. The van der Waals surface area contributed by atoms with Crippen molar-refractivity contribution in [2.24, 2.45) is 0 Å². The summed E-state index contributed by atoms with van der Waals surface area (Å²) < 4.78 is 0. The number of likely N-dealkylation sites (N-methyl/N-ethyl adjacent to an activating group) is 1. The number of amides is 2.